The van der Waals surface area contributed by atoms with Gasteiger partial charge < -0.3 is 0 Å². The molecule has 74 valence electrons. The Morgan fingerprint density at radius 1 is 1.62 bits per heavy atom. The molecule has 1 aromatic rings. The number of hydrazine groups is 1. The van der Waals surface area contributed by atoms with Crippen LogP contribution in [0.15, 0.2) is 12.1 Å². The molecule has 0 saturated heterocycles. The molecule has 0 fully saturated rings. The van der Waals surface area contributed by atoms with Gasteiger partial charge in [-0.25, -0.2) is 0 Å². The molecular weight excluding hydrogens is 204 g/mol. The van der Waals surface area contributed by atoms with Crippen LogP contribution in [0, 0.1) is 5.92 Å². The SMILES string of the molecule is CCC(C)C(NN)c1ccc(Cl)s1. The third-order valence-corrected chi connectivity index (χ3v) is 3.61. The van der Waals surface area contributed by atoms with E-state index < -0.39 is 0 Å². The normalized spacial score (nSPS) is 15.7. The molecule has 2 atom stereocenters. The summed E-state index contributed by atoms with van der Waals surface area (Å²) in [5.41, 5.74) is 2.83. The Bertz CT molecular complexity index is 262. The minimum atomic E-state index is 0.225. The third kappa shape index (κ3) is 2.68. The zero-order valence-corrected chi connectivity index (χ0v) is 9.45. The summed E-state index contributed by atoms with van der Waals surface area (Å²) >= 11 is 7.45. The van der Waals surface area contributed by atoms with Gasteiger partial charge in [-0.1, -0.05) is 31.9 Å². The van der Waals surface area contributed by atoms with Crippen LogP contribution >= 0.6 is 22.9 Å². The summed E-state index contributed by atoms with van der Waals surface area (Å²) in [6, 6.07) is 4.17. The van der Waals surface area contributed by atoms with E-state index in [4.69, 9.17) is 17.4 Å². The van der Waals surface area contributed by atoms with E-state index >= 15 is 0 Å². The monoisotopic (exact) mass is 218 g/mol. The molecule has 2 nitrogen and oxygen atoms in total. The van der Waals surface area contributed by atoms with Gasteiger partial charge in [0, 0.05) is 4.88 Å². The Balaban J connectivity index is 2.77. The number of nitrogens with one attached hydrogen (secondary N) is 1. The van der Waals surface area contributed by atoms with Gasteiger partial charge in [0.05, 0.1) is 10.4 Å². The first-order valence-corrected chi connectivity index (χ1v) is 5.59. The van der Waals surface area contributed by atoms with Crippen molar-refractivity contribution in [3.05, 3.63) is 21.3 Å². The van der Waals surface area contributed by atoms with Gasteiger partial charge in [-0.15, -0.1) is 11.3 Å². The molecule has 4 heteroatoms. The maximum atomic E-state index is 5.86. The highest BCUT2D eigenvalue weighted by atomic mass is 35.5. The second kappa shape index (κ2) is 4.96. The van der Waals surface area contributed by atoms with Crippen LogP contribution in [0.3, 0.4) is 0 Å². The molecule has 1 heterocycles. The van der Waals surface area contributed by atoms with Crippen molar-refractivity contribution in [2.24, 2.45) is 11.8 Å². The molecule has 2 unspecified atom stereocenters. The van der Waals surface area contributed by atoms with E-state index in [2.05, 4.69) is 19.3 Å². The second-order valence-corrected chi connectivity index (χ2v) is 4.92. The number of hydrogen-bond acceptors (Lipinski definition) is 3. The van der Waals surface area contributed by atoms with Crippen molar-refractivity contribution >= 4 is 22.9 Å². The fourth-order valence-corrected chi connectivity index (χ4v) is 2.51. The van der Waals surface area contributed by atoms with Gasteiger partial charge in [0.15, 0.2) is 0 Å². The van der Waals surface area contributed by atoms with Crippen LogP contribution in [0.25, 0.3) is 0 Å². The van der Waals surface area contributed by atoms with Crippen LogP contribution in [0.4, 0.5) is 0 Å². The Labute approximate surface area is 88.1 Å². The fraction of sp³-hybridized carbons (Fsp3) is 0.556. The standard InChI is InChI=1S/C9H15ClN2S/c1-3-6(2)9(12-11)7-4-5-8(10)13-7/h4-6,9,12H,3,11H2,1-2H3. The summed E-state index contributed by atoms with van der Waals surface area (Å²) in [6.07, 6.45) is 1.10. The van der Waals surface area contributed by atoms with Gasteiger partial charge in [-0.05, 0) is 18.1 Å². The Morgan fingerprint density at radius 3 is 2.69 bits per heavy atom. The van der Waals surface area contributed by atoms with Crippen molar-refractivity contribution in [2.75, 3.05) is 0 Å². The average molecular weight is 219 g/mol. The molecule has 0 aliphatic rings. The Hall–Kier alpha value is -0.0900. The first kappa shape index (κ1) is 11.0. The fourth-order valence-electron chi connectivity index (χ4n) is 1.26. The van der Waals surface area contributed by atoms with Gasteiger partial charge in [0.2, 0.25) is 0 Å². The zero-order valence-electron chi connectivity index (χ0n) is 7.88. The lowest BCUT2D eigenvalue weighted by atomic mass is 9.99. The molecule has 0 radical (unpaired) electrons. The van der Waals surface area contributed by atoms with Crippen molar-refractivity contribution in [3.8, 4) is 0 Å². The molecule has 0 aliphatic carbocycles. The molecule has 1 rings (SSSR count). The Morgan fingerprint density at radius 2 is 2.31 bits per heavy atom. The van der Waals surface area contributed by atoms with Crippen LogP contribution in [0.5, 0.6) is 0 Å². The van der Waals surface area contributed by atoms with E-state index in [1.807, 2.05) is 12.1 Å². The average Bonchev–Trinajstić information content (AvgIpc) is 2.53. The molecular formula is C9H15ClN2S. The minimum absolute atomic E-state index is 0.225. The Kier molecular flexibility index (Phi) is 4.19. The van der Waals surface area contributed by atoms with Crippen molar-refractivity contribution in [2.45, 2.75) is 26.3 Å². The molecule has 0 aromatic carbocycles. The van der Waals surface area contributed by atoms with Crippen molar-refractivity contribution in [1.29, 1.82) is 0 Å². The van der Waals surface area contributed by atoms with E-state index in [0.717, 1.165) is 10.8 Å². The second-order valence-electron chi connectivity index (χ2n) is 3.17. The summed E-state index contributed by atoms with van der Waals surface area (Å²) in [6.45, 7) is 4.34. The maximum Gasteiger partial charge on any atom is 0.0931 e. The van der Waals surface area contributed by atoms with Crippen molar-refractivity contribution in [3.63, 3.8) is 0 Å². The number of hydrogen-bond donors (Lipinski definition) is 2. The highest BCUT2D eigenvalue weighted by molar-refractivity contribution is 7.16. The lowest BCUT2D eigenvalue weighted by molar-refractivity contribution is 0.388. The van der Waals surface area contributed by atoms with Crippen LogP contribution in [-0.2, 0) is 0 Å². The molecule has 3 N–H and O–H groups in total. The van der Waals surface area contributed by atoms with Gasteiger partial charge in [-0.2, -0.15) is 0 Å². The lowest BCUT2D eigenvalue weighted by Crippen LogP contribution is -2.31. The summed E-state index contributed by atoms with van der Waals surface area (Å²) < 4.78 is 0.818. The maximum absolute atomic E-state index is 5.86. The topological polar surface area (TPSA) is 38.0 Å². The third-order valence-electron chi connectivity index (χ3n) is 2.29. The van der Waals surface area contributed by atoms with Crippen LogP contribution in [-0.4, -0.2) is 0 Å². The van der Waals surface area contributed by atoms with Gasteiger partial charge in [0.1, 0.15) is 0 Å². The highest BCUT2D eigenvalue weighted by Gasteiger charge is 2.17. The van der Waals surface area contributed by atoms with E-state index in [1.165, 1.54) is 4.88 Å². The first-order chi connectivity index (χ1) is 6.19. The zero-order chi connectivity index (χ0) is 9.84. The number of thiophene rings is 1. The molecule has 0 spiro atoms. The number of halogens is 1. The summed E-state index contributed by atoms with van der Waals surface area (Å²) in [5, 5.41) is 0. The number of nitrogens with two attached hydrogens (primary N) is 1. The van der Waals surface area contributed by atoms with Crippen molar-refractivity contribution < 1.29 is 0 Å². The molecule has 0 aliphatic heterocycles. The lowest BCUT2D eigenvalue weighted by Gasteiger charge is -2.20. The quantitative estimate of drug-likeness (QED) is 0.603. The molecule has 13 heavy (non-hydrogen) atoms. The van der Waals surface area contributed by atoms with Crippen molar-refractivity contribution in [1.82, 2.24) is 5.43 Å². The molecule has 0 saturated carbocycles. The van der Waals surface area contributed by atoms with Gasteiger partial charge >= 0.3 is 0 Å². The van der Waals surface area contributed by atoms with Gasteiger partial charge in [-0.3, -0.25) is 11.3 Å². The van der Waals surface area contributed by atoms with E-state index in [9.17, 15) is 0 Å². The smallest absolute Gasteiger partial charge is 0.0931 e. The molecule has 1 aromatic heterocycles. The summed E-state index contributed by atoms with van der Waals surface area (Å²) in [7, 11) is 0. The highest BCUT2D eigenvalue weighted by Crippen LogP contribution is 2.31. The van der Waals surface area contributed by atoms with Gasteiger partial charge in [0.25, 0.3) is 0 Å². The first-order valence-electron chi connectivity index (χ1n) is 4.40. The van der Waals surface area contributed by atoms with Crippen LogP contribution in [0.1, 0.15) is 31.2 Å². The summed E-state index contributed by atoms with van der Waals surface area (Å²) in [4.78, 5) is 1.21. The predicted octanol–water partition coefficient (Wildman–Crippen LogP) is 2.95. The van der Waals surface area contributed by atoms with Crippen LogP contribution in [0.2, 0.25) is 4.34 Å². The molecule has 0 amide bonds. The van der Waals surface area contributed by atoms with E-state index in [1.54, 1.807) is 11.3 Å². The predicted molar refractivity (Wildman–Crippen MR) is 58.8 cm³/mol. The minimum Gasteiger partial charge on any atom is -0.271 e. The van der Waals surface area contributed by atoms with E-state index in [0.29, 0.717) is 5.92 Å². The largest absolute Gasteiger partial charge is 0.271 e. The van der Waals surface area contributed by atoms with E-state index in [-0.39, 0.29) is 6.04 Å². The number of rotatable bonds is 4. The summed E-state index contributed by atoms with van der Waals surface area (Å²) in [5.74, 6) is 6.03. The van der Waals surface area contributed by atoms with Crippen LogP contribution < -0.4 is 11.3 Å². The molecule has 0 bridgehead atoms.